The summed E-state index contributed by atoms with van der Waals surface area (Å²) < 4.78 is 5.75. The minimum absolute atomic E-state index is 0.0804. The number of benzene rings is 2. The Bertz CT molecular complexity index is 1030. The highest BCUT2D eigenvalue weighted by atomic mass is 16.5. The molecule has 1 aliphatic rings. The lowest BCUT2D eigenvalue weighted by Crippen LogP contribution is -2.35. The monoisotopic (exact) mass is 363 g/mol. The van der Waals surface area contributed by atoms with Crippen molar-refractivity contribution < 1.29 is 9.53 Å². The first-order chi connectivity index (χ1) is 13.2. The number of fused-ring (bicyclic) bond motifs is 2. The van der Waals surface area contributed by atoms with Gasteiger partial charge >= 0.3 is 0 Å². The summed E-state index contributed by atoms with van der Waals surface area (Å²) in [4.78, 5) is 31.5. The van der Waals surface area contributed by atoms with Crippen LogP contribution in [0.15, 0.2) is 53.3 Å². The third-order valence-electron chi connectivity index (χ3n) is 4.80. The average Bonchev–Trinajstić information content (AvgIpc) is 2.70. The van der Waals surface area contributed by atoms with Gasteiger partial charge in [0.05, 0.1) is 17.6 Å². The van der Waals surface area contributed by atoms with E-state index in [4.69, 9.17) is 4.74 Å². The van der Waals surface area contributed by atoms with Gasteiger partial charge in [-0.15, -0.1) is 0 Å². The van der Waals surface area contributed by atoms with Crippen LogP contribution in [0.5, 0.6) is 5.75 Å². The molecule has 2 N–H and O–H groups in total. The quantitative estimate of drug-likeness (QED) is 0.728. The summed E-state index contributed by atoms with van der Waals surface area (Å²) in [5.41, 5.74) is 2.76. The minimum atomic E-state index is -0.237. The van der Waals surface area contributed by atoms with E-state index in [9.17, 15) is 9.59 Å². The Hall–Kier alpha value is -3.15. The maximum Gasteiger partial charge on any atom is 0.270 e. The number of nitrogens with zero attached hydrogens (tertiary/aromatic N) is 1. The Balaban J connectivity index is 1.30. The normalized spacial score (nSPS) is 15.8. The molecule has 2 heterocycles. The molecular weight excluding hydrogens is 342 g/mol. The molecule has 1 atom stereocenters. The van der Waals surface area contributed by atoms with Gasteiger partial charge in [-0.1, -0.05) is 30.3 Å². The third-order valence-corrected chi connectivity index (χ3v) is 4.80. The molecule has 6 heteroatoms. The molecule has 1 amide bonds. The van der Waals surface area contributed by atoms with Gasteiger partial charge in [-0.3, -0.25) is 9.59 Å². The van der Waals surface area contributed by atoms with Crippen LogP contribution in [0.4, 0.5) is 0 Å². The molecule has 0 aliphatic carbocycles. The lowest BCUT2D eigenvalue weighted by molar-refractivity contribution is -0.121. The van der Waals surface area contributed by atoms with Gasteiger partial charge in [0.2, 0.25) is 5.91 Å². The van der Waals surface area contributed by atoms with Crippen molar-refractivity contribution >= 4 is 16.9 Å². The van der Waals surface area contributed by atoms with Gasteiger partial charge in [-0.25, -0.2) is 4.98 Å². The number of amides is 1. The molecular formula is C21H21N3O3. The summed E-state index contributed by atoms with van der Waals surface area (Å²) in [5, 5.41) is 2.95. The summed E-state index contributed by atoms with van der Waals surface area (Å²) in [5.74, 6) is 1.11. The second kappa shape index (κ2) is 7.61. The van der Waals surface area contributed by atoms with E-state index < -0.39 is 0 Å². The van der Waals surface area contributed by atoms with E-state index in [2.05, 4.69) is 21.4 Å². The Morgan fingerprint density at radius 2 is 2.00 bits per heavy atom. The third kappa shape index (κ3) is 4.00. The van der Waals surface area contributed by atoms with Gasteiger partial charge < -0.3 is 15.0 Å². The molecule has 2 aromatic carbocycles. The first kappa shape index (κ1) is 17.3. The Kier molecular flexibility index (Phi) is 4.87. The molecule has 4 rings (SSSR count). The van der Waals surface area contributed by atoms with Crippen LogP contribution < -0.4 is 15.6 Å². The molecule has 6 nitrogen and oxygen atoms in total. The molecule has 0 bridgehead atoms. The smallest absolute Gasteiger partial charge is 0.270 e. The Morgan fingerprint density at radius 1 is 1.19 bits per heavy atom. The molecule has 1 aliphatic heterocycles. The number of carbonyl (C=O) groups is 1. The highest BCUT2D eigenvalue weighted by molar-refractivity contribution is 5.76. The zero-order valence-electron chi connectivity index (χ0n) is 14.9. The van der Waals surface area contributed by atoms with Gasteiger partial charge in [-0.05, 0) is 30.2 Å². The SMILES string of the molecule is O=C(CCc1nc2ccccc2[nH]c1=O)NCC1COc2ccccc2C1. The van der Waals surface area contributed by atoms with E-state index >= 15 is 0 Å². The van der Waals surface area contributed by atoms with Crippen molar-refractivity contribution in [1.82, 2.24) is 15.3 Å². The standard InChI is InChI=1S/C21H21N3O3/c25-20(22-12-14-11-15-5-1-4-8-19(15)27-13-14)10-9-18-21(26)24-17-7-3-2-6-16(17)23-18/h1-8,14H,9-13H2,(H,22,25)(H,24,26). The predicted molar refractivity (Wildman–Crippen MR) is 103 cm³/mol. The first-order valence-electron chi connectivity index (χ1n) is 9.14. The number of para-hydroxylation sites is 3. The highest BCUT2D eigenvalue weighted by Gasteiger charge is 2.20. The first-order valence-corrected chi connectivity index (χ1v) is 9.14. The van der Waals surface area contributed by atoms with E-state index in [-0.39, 0.29) is 23.8 Å². The maximum absolute atomic E-state index is 12.2. The number of carbonyl (C=O) groups excluding carboxylic acids is 1. The minimum Gasteiger partial charge on any atom is -0.493 e. The second-order valence-electron chi connectivity index (χ2n) is 6.82. The molecule has 0 spiro atoms. The van der Waals surface area contributed by atoms with Crippen molar-refractivity contribution in [2.45, 2.75) is 19.3 Å². The summed E-state index contributed by atoms with van der Waals surface area (Å²) in [7, 11) is 0. The lowest BCUT2D eigenvalue weighted by Gasteiger charge is -2.25. The van der Waals surface area contributed by atoms with E-state index in [1.165, 1.54) is 5.56 Å². The van der Waals surface area contributed by atoms with Crippen molar-refractivity contribution in [2.75, 3.05) is 13.2 Å². The molecule has 0 saturated heterocycles. The van der Waals surface area contributed by atoms with Crippen LogP contribution in [-0.4, -0.2) is 29.0 Å². The van der Waals surface area contributed by atoms with Crippen LogP contribution >= 0.6 is 0 Å². The van der Waals surface area contributed by atoms with Gasteiger partial charge in [0.1, 0.15) is 11.4 Å². The Morgan fingerprint density at radius 3 is 2.93 bits per heavy atom. The van der Waals surface area contributed by atoms with Crippen LogP contribution in [0.3, 0.4) is 0 Å². The molecule has 138 valence electrons. The van der Waals surface area contributed by atoms with Crippen LogP contribution in [0.2, 0.25) is 0 Å². The Labute approximate surface area is 156 Å². The van der Waals surface area contributed by atoms with E-state index in [0.29, 0.717) is 30.8 Å². The fourth-order valence-electron chi connectivity index (χ4n) is 3.34. The number of ether oxygens (including phenoxy) is 1. The van der Waals surface area contributed by atoms with Crippen molar-refractivity contribution in [1.29, 1.82) is 0 Å². The molecule has 0 radical (unpaired) electrons. The largest absolute Gasteiger partial charge is 0.493 e. The molecule has 1 unspecified atom stereocenters. The van der Waals surface area contributed by atoms with Crippen LogP contribution in [0.1, 0.15) is 17.7 Å². The number of H-pyrrole nitrogens is 1. The number of aryl methyl sites for hydroxylation is 1. The fourth-order valence-corrected chi connectivity index (χ4v) is 3.34. The van der Waals surface area contributed by atoms with E-state index in [0.717, 1.165) is 17.7 Å². The number of rotatable bonds is 5. The maximum atomic E-state index is 12.2. The van der Waals surface area contributed by atoms with Gasteiger partial charge in [0, 0.05) is 25.3 Å². The summed E-state index contributed by atoms with van der Waals surface area (Å²) in [6.45, 7) is 1.16. The fraction of sp³-hybridized carbons (Fsp3) is 0.286. The van der Waals surface area contributed by atoms with Crippen molar-refractivity contribution in [3.63, 3.8) is 0 Å². The van der Waals surface area contributed by atoms with Gasteiger partial charge in [-0.2, -0.15) is 0 Å². The van der Waals surface area contributed by atoms with E-state index in [1.54, 1.807) is 0 Å². The summed E-state index contributed by atoms with van der Waals surface area (Å²) in [6.07, 6.45) is 1.44. The van der Waals surface area contributed by atoms with Crippen molar-refractivity contribution in [2.24, 2.45) is 5.92 Å². The average molecular weight is 363 g/mol. The van der Waals surface area contributed by atoms with Gasteiger partial charge in [0.15, 0.2) is 0 Å². The zero-order valence-corrected chi connectivity index (χ0v) is 14.9. The second-order valence-corrected chi connectivity index (χ2v) is 6.82. The lowest BCUT2D eigenvalue weighted by atomic mass is 9.97. The van der Waals surface area contributed by atoms with Crippen LogP contribution in [-0.2, 0) is 17.6 Å². The summed E-state index contributed by atoms with van der Waals surface area (Å²) >= 11 is 0. The molecule has 0 fully saturated rings. The number of aromatic nitrogens is 2. The summed E-state index contributed by atoms with van der Waals surface area (Å²) in [6, 6.07) is 15.4. The molecule has 0 saturated carbocycles. The number of nitrogens with one attached hydrogen (secondary N) is 2. The number of hydrogen-bond acceptors (Lipinski definition) is 4. The van der Waals surface area contributed by atoms with Gasteiger partial charge in [0.25, 0.3) is 5.56 Å². The molecule has 27 heavy (non-hydrogen) atoms. The van der Waals surface area contributed by atoms with Crippen LogP contribution in [0, 0.1) is 5.92 Å². The van der Waals surface area contributed by atoms with Crippen LogP contribution in [0.25, 0.3) is 11.0 Å². The van der Waals surface area contributed by atoms with Crippen molar-refractivity contribution in [3.05, 3.63) is 70.1 Å². The molecule has 3 aromatic rings. The van der Waals surface area contributed by atoms with Crippen molar-refractivity contribution in [3.8, 4) is 5.75 Å². The highest BCUT2D eigenvalue weighted by Crippen LogP contribution is 2.26. The number of aromatic amines is 1. The zero-order chi connectivity index (χ0) is 18.6. The molecule has 1 aromatic heterocycles. The number of hydrogen-bond donors (Lipinski definition) is 2. The topological polar surface area (TPSA) is 84.1 Å². The van der Waals surface area contributed by atoms with E-state index in [1.807, 2.05) is 42.5 Å². The predicted octanol–water partition coefficient (Wildman–Crippen LogP) is 2.22.